The Morgan fingerprint density at radius 1 is 0.636 bits per heavy atom. The molecule has 1 nitrogen and oxygen atoms in total. The summed E-state index contributed by atoms with van der Waals surface area (Å²) in [6.07, 6.45) is 0. The zero-order chi connectivity index (χ0) is 22.8. The molecule has 0 aliphatic rings. The Balaban J connectivity index is 1.43. The second kappa shape index (κ2) is 9.33. The third-order valence-corrected chi connectivity index (χ3v) is 7.54. The Bertz CT molecular complexity index is 1370. The Morgan fingerprint density at radius 3 is 1.88 bits per heavy atom. The normalized spacial score (nSPS) is 11.2. The van der Waals surface area contributed by atoms with E-state index in [1.54, 1.807) is 0 Å². The lowest BCUT2D eigenvalue weighted by atomic mass is 9.97. The Hall–Kier alpha value is -3.23. The first-order valence-electron chi connectivity index (χ1n) is 11.5. The number of benzene rings is 5. The first-order chi connectivity index (χ1) is 16.1. The molecule has 0 aliphatic carbocycles. The highest BCUT2D eigenvalue weighted by molar-refractivity contribution is 7.98. The molecule has 2 heteroatoms. The molecule has 0 aliphatic heterocycles. The summed E-state index contributed by atoms with van der Waals surface area (Å²) in [7, 11) is 0. The van der Waals surface area contributed by atoms with Crippen molar-refractivity contribution in [1.82, 2.24) is 0 Å². The summed E-state index contributed by atoms with van der Waals surface area (Å²) in [5.41, 5.74) is 8.10. The number of fused-ring (bicyclic) bond motifs is 2. The largest absolute Gasteiger partial charge is 0.380 e. The van der Waals surface area contributed by atoms with Gasteiger partial charge >= 0.3 is 0 Å². The van der Waals surface area contributed by atoms with Gasteiger partial charge in [-0.25, -0.2) is 0 Å². The average Bonchev–Trinajstić information content (AvgIpc) is 2.81. The molecule has 5 rings (SSSR count). The summed E-state index contributed by atoms with van der Waals surface area (Å²) in [5, 5.41) is 8.99. The zero-order valence-electron chi connectivity index (χ0n) is 19.5. The standard InChI is InChI=1S/C31H29NS/c1-21-16-22(2)29(23(3)17-21)20-33-31-15-9-8-14-30(31)32-19-28-26-12-6-4-10-24(26)18-25-11-5-7-13-27(25)28/h4-18,32H,19-20H2,1-3H3. The highest BCUT2D eigenvalue weighted by atomic mass is 32.2. The molecule has 1 N–H and O–H groups in total. The predicted molar refractivity (Wildman–Crippen MR) is 145 cm³/mol. The van der Waals surface area contributed by atoms with E-state index in [2.05, 4.69) is 117 Å². The van der Waals surface area contributed by atoms with Crippen LogP contribution >= 0.6 is 11.8 Å². The Kier molecular flexibility index (Phi) is 6.11. The van der Waals surface area contributed by atoms with Gasteiger partial charge in [0.1, 0.15) is 0 Å². The molecule has 0 aromatic heterocycles. The topological polar surface area (TPSA) is 12.0 Å². The molecule has 0 atom stereocenters. The Labute approximate surface area is 200 Å². The van der Waals surface area contributed by atoms with Crippen molar-refractivity contribution in [3.05, 3.63) is 119 Å². The van der Waals surface area contributed by atoms with E-state index in [9.17, 15) is 0 Å². The summed E-state index contributed by atoms with van der Waals surface area (Å²) in [6, 6.07) is 33.0. The van der Waals surface area contributed by atoms with Crippen LogP contribution < -0.4 is 5.32 Å². The molecule has 0 fully saturated rings. The van der Waals surface area contributed by atoms with Gasteiger partial charge in [-0.15, -0.1) is 11.8 Å². The molecule has 0 amide bonds. The number of hydrogen-bond acceptors (Lipinski definition) is 2. The summed E-state index contributed by atoms with van der Waals surface area (Å²) >= 11 is 1.91. The number of thioether (sulfide) groups is 1. The number of nitrogens with one attached hydrogen (secondary N) is 1. The van der Waals surface area contributed by atoms with Crippen molar-refractivity contribution in [2.24, 2.45) is 0 Å². The van der Waals surface area contributed by atoms with Gasteiger partial charge in [0, 0.05) is 22.9 Å². The smallest absolute Gasteiger partial charge is 0.0481 e. The van der Waals surface area contributed by atoms with Crippen LogP contribution in [0.2, 0.25) is 0 Å². The van der Waals surface area contributed by atoms with Crippen LogP contribution in [0.25, 0.3) is 21.5 Å². The van der Waals surface area contributed by atoms with E-state index in [-0.39, 0.29) is 0 Å². The van der Waals surface area contributed by atoms with Gasteiger partial charge in [-0.1, -0.05) is 78.4 Å². The minimum absolute atomic E-state index is 0.794. The van der Waals surface area contributed by atoms with Crippen molar-refractivity contribution < 1.29 is 0 Å². The quantitative estimate of drug-likeness (QED) is 0.206. The van der Waals surface area contributed by atoms with E-state index in [1.165, 1.54) is 59.9 Å². The maximum absolute atomic E-state index is 3.77. The number of rotatable bonds is 6. The third kappa shape index (κ3) is 4.49. The van der Waals surface area contributed by atoms with E-state index in [0.29, 0.717) is 0 Å². The van der Waals surface area contributed by atoms with E-state index in [0.717, 1.165) is 12.3 Å². The van der Waals surface area contributed by atoms with Gasteiger partial charge in [-0.3, -0.25) is 0 Å². The van der Waals surface area contributed by atoms with Gasteiger partial charge in [0.15, 0.2) is 0 Å². The lowest BCUT2D eigenvalue weighted by Gasteiger charge is -2.16. The van der Waals surface area contributed by atoms with Crippen molar-refractivity contribution in [2.45, 2.75) is 38.0 Å². The molecular formula is C31H29NS. The van der Waals surface area contributed by atoms with Crippen LogP contribution in [0.5, 0.6) is 0 Å². The molecule has 0 unspecified atom stereocenters. The van der Waals surface area contributed by atoms with Gasteiger partial charge in [0.25, 0.3) is 0 Å². The molecular weight excluding hydrogens is 418 g/mol. The first kappa shape index (κ1) is 21.6. The van der Waals surface area contributed by atoms with Crippen LogP contribution in [0.15, 0.2) is 95.9 Å². The number of para-hydroxylation sites is 1. The lowest BCUT2D eigenvalue weighted by molar-refractivity contribution is 1.16. The minimum Gasteiger partial charge on any atom is -0.380 e. The van der Waals surface area contributed by atoms with Gasteiger partial charge in [-0.2, -0.15) is 0 Å². The molecule has 0 heterocycles. The van der Waals surface area contributed by atoms with Gasteiger partial charge in [0.2, 0.25) is 0 Å². The molecule has 33 heavy (non-hydrogen) atoms. The molecule has 5 aromatic rings. The summed E-state index contributed by atoms with van der Waals surface area (Å²) in [6.45, 7) is 7.42. The van der Waals surface area contributed by atoms with Crippen LogP contribution in [0, 0.1) is 20.8 Å². The van der Waals surface area contributed by atoms with Crippen molar-refractivity contribution in [1.29, 1.82) is 0 Å². The molecule has 0 saturated heterocycles. The maximum atomic E-state index is 3.77. The number of anilines is 1. The lowest BCUT2D eigenvalue weighted by Crippen LogP contribution is -2.02. The molecule has 0 radical (unpaired) electrons. The maximum Gasteiger partial charge on any atom is 0.0481 e. The van der Waals surface area contributed by atoms with Crippen LogP contribution in [0.1, 0.15) is 27.8 Å². The van der Waals surface area contributed by atoms with E-state index < -0.39 is 0 Å². The first-order valence-corrected chi connectivity index (χ1v) is 12.5. The van der Waals surface area contributed by atoms with Gasteiger partial charge in [-0.05, 0) is 82.8 Å². The molecule has 0 bridgehead atoms. The van der Waals surface area contributed by atoms with Gasteiger partial charge < -0.3 is 5.32 Å². The molecule has 0 saturated carbocycles. The minimum atomic E-state index is 0.794. The van der Waals surface area contributed by atoms with Crippen molar-refractivity contribution >= 4 is 39.0 Å². The summed E-state index contributed by atoms with van der Waals surface area (Å²) in [4.78, 5) is 1.29. The summed E-state index contributed by atoms with van der Waals surface area (Å²) in [5.74, 6) is 0.980. The van der Waals surface area contributed by atoms with Gasteiger partial charge in [0.05, 0.1) is 0 Å². The van der Waals surface area contributed by atoms with Crippen molar-refractivity contribution in [2.75, 3.05) is 5.32 Å². The predicted octanol–water partition coefficient (Wildman–Crippen LogP) is 8.82. The van der Waals surface area contributed by atoms with Crippen molar-refractivity contribution in [3.63, 3.8) is 0 Å². The SMILES string of the molecule is Cc1cc(C)c(CSc2ccccc2NCc2c3ccccc3cc3ccccc23)c(C)c1. The highest BCUT2D eigenvalue weighted by Crippen LogP contribution is 2.34. The molecule has 164 valence electrons. The third-order valence-electron chi connectivity index (χ3n) is 6.44. The highest BCUT2D eigenvalue weighted by Gasteiger charge is 2.10. The number of aryl methyl sites for hydroxylation is 3. The van der Waals surface area contributed by atoms with Crippen molar-refractivity contribution in [3.8, 4) is 0 Å². The molecule has 5 aromatic carbocycles. The Morgan fingerprint density at radius 2 is 1.21 bits per heavy atom. The fourth-order valence-corrected chi connectivity index (χ4v) is 6.03. The fourth-order valence-electron chi connectivity index (χ4n) is 4.81. The second-order valence-electron chi connectivity index (χ2n) is 8.81. The van der Waals surface area contributed by atoms with Crippen LogP contribution in [0.3, 0.4) is 0 Å². The second-order valence-corrected chi connectivity index (χ2v) is 9.83. The molecule has 0 spiro atoms. The zero-order valence-corrected chi connectivity index (χ0v) is 20.3. The van der Waals surface area contributed by atoms with E-state index in [4.69, 9.17) is 0 Å². The number of hydrogen-bond donors (Lipinski definition) is 1. The van der Waals surface area contributed by atoms with Crippen LogP contribution in [-0.4, -0.2) is 0 Å². The van der Waals surface area contributed by atoms with Crippen LogP contribution in [-0.2, 0) is 12.3 Å². The van der Waals surface area contributed by atoms with E-state index >= 15 is 0 Å². The fraction of sp³-hybridized carbons (Fsp3) is 0.161. The van der Waals surface area contributed by atoms with E-state index in [1.807, 2.05) is 11.8 Å². The summed E-state index contributed by atoms with van der Waals surface area (Å²) < 4.78 is 0. The average molecular weight is 448 g/mol. The van der Waals surface area contributed by atoms with Crippen LogP contribution in [0.4, 0.5) is 5.69 Å². The monoisotopic (exact) mass is 447 g/mol.